The van der Waals surface area contributed by atoms with Gasteiger partial charge in [0, 0.05) is 43.8 Å². The number of morpholine rings is 1. The van der Waals surface area contributed by atoms with Crippen molar-refractivity contribution in [1.29, 1.82) is 0 Å². The monoisotopic (exact) mass is 464 g/mol. The van der Waals surface area contributed by atoms with Gasteiger partial charge in [-0.15, -0.1) is 0 Å². The maximum absolute atomic E-state index is 12.1. The Bertz CT molecular complexity index is 1130. The predicted molar refractivity (Wildman–Crippen MR) is 126 cm³/mol. The van der Waals surface area contributed by atoms with E-state index in [1.807, 2.05) is 6.07 Å². The zero-order valence-electron chi connectivity index (χ0n) is 19.1. The van der Waals surface area contributed by atoms with E-state index in [4.69, 9.17) is 19.2 Å². The van der Waals surface area contributed by atoms with Crippen LogP contribution in [0, 0.1) is 0 Å². The van der Waals surface area contributed by atoms with Crippen molar-refractivity contribution in [2.75, 3.05) is 43.6 Å². The van der Waals surface area contributed by atoms with Crippen molar-refractivity contribution < 1.29 is 19.0 Å². The van der Waals surface area contributed by atoms with Crippen molar-refractivity contribution >= 4 is 28.6 Å². The zero-order chi connectivity index (χ0) is 23.3. The molecule has 3 aromatic heterocycles. The molecule has 10 nitrogen and oxygen atoms in total. The molecule has 1 saturated carbocycles. The molecule has 10 heteroatoms. The Hall–Kier alpha value is -3.53. The lowest BCUT2D eigenvalue weighted by molar-refractivity contribution is 0.0600. The Kier molecular flexibility index (Phi) is 6.66. The minimum atomic E-state index is -0.438. The van der Waals surface area contributed by atoms with Gasteiger partial charge in [0.25, 0.3) is 0 Å². The summed E-state index contributed by atoms with van der Waals surface area (Å²) in [5, 5.41) is 4.11. The van der Waals surface area contributed by atoms with E-state index < -0.39 is 5.97 Å². The number of methoxy groups -OCH3 is 1. The van der Waals surface area contributed by atoms with E-state index in [1.54, 1.807) is 24.5 Å². The molecule has 0 spiro atoms. The smallest absolute Gasteiger partial charge is 0.339 e. The van der Waals surface area contributed by atoms with E-state index in [-0.39, 0.29) is 6.10 Å². The molecule has 0 amide bonds. The molecule has 1 N–H and O–H groups in total. The fourth-order valence-electron chi connectivity index (χ4n) is 4.39. The van der Waals surface area contributed by atoms with Gasteiger partial charge in [0.05, 0.1) is 36.8 Å². The Morgan fingerprint density at radius 2 is 1.85 bits per heavy atom. The number of nitrogens with zero attached hydrogens (tertiary/aromatic N) is 5. The number of fused-ring (bicyclic) bond motifs is 1. The molecular weight excluding hydrogens is 436 g/mol. The predicted octanol–water partition coefficient (Wildman–Crippen LogP) is 2.85. The summed E-state index contributed by atoms with van der Waals surface area (Å²) in [6.07, 6.45) is 8.65. The number of carbonyl (C=O) groups excluding carboxylic acids is 1. The lowest BCUT2D eigenvalue weighted by Gasteiger charge is -2.31. The summed E-state index contributed by atoms with van der Waals surface area (Å²) in [7, 11) is 1.36. The van der Waals surface area contributed by atoms with Crippen LogP contribution in [0.1, 0.15) is 36.0 Å². The minimum absolute atomic E-state index is 0.0205. The second kappa shape index (κ2) is 10.2. The standard InChI is InChI=1S/C24H28N6O4/c1-32-23(31)16-13-19-20(27-15-16)14-21(30-9-11-33-12-10-30)29-22(19)34-18-5-3-17(4-6-18)28-24-25-7-2-8-26-24/h2,7-8,13-15,17-18H,3-6,9-12H2,1H3,(H,25,26,28). The lowest BCUT2D eigenvalue weighted by Crippen LogP contribution is -2.37. The van der Waals surface area contributed by atoms with Crippen molar-refractivity contribution in [3.05, 3.63) is 42.4 Å². The molecule has 0 atom stereocenters. The summed E-state index contributed by atoms with van der Waals surface area (Å²) in [6.45, 7) is 2.84. The first-order chi connectivity index (χ1) is 16.7. The summed E-state index contributed by atoms with van der Waals surface area (Å²) in [5.41, 5.74) is 1.10. The van der Waals surface area contributed by atoms with Gasteiger partial charge in [-0.05, 0) is 37.8 Å². The minimum Gasteiger partial charge on any atom is -0.474 e. The molecule has 0 unspecified atom stereocenters. The van der Waals surface area contributed by atoms with Gasteiger partial charge in [0.15, 0.2) is 0 Å². The van der Waals surface area contributed by atoms with E-state index in [2.05, 4.69) is 25.2 Å². The Labute approximate surface area is 197 Å². The molecule has 178 valence electrons. The van der Waals surface area contributed by atoms with Gasteiger partial charge in [0.2, 0.25) is 11.8 Å². The largest absolute Gasteiger partial charge is 0.474 e. The third-order valence-electron chi connectivity index (χ3n) is 6.24. The van der Waals surface area contributed by atoms with Crippen LogP contribution in [0.25, 0.3) is 10.9 Å². The SMILES string of the molecule is COC(=O)c1cnc2cc(N3CCOCC3)nc(OC3CCC(Nc4ncccn4)CC3)c2c1. The summed E-state index contributed by atoms with van der Waals surface area (Å²) < 4.78 is 16.8. The van der Waals surface area contributed by atoms with Crippen LogP contribution in [-0.2, 0) is 9.47 Å². The van der Waals surface area contributed by atoms with E-state index in [9.17, 15) is 4.79 Å². The summed E-state index contributed by atoms with van der Waals surface area (Å²) in [5.74, 6) is 1.52. The fraction of sp³-hybridized carbons (Fsp3) is 0.458. The molecule has 1 aliphatic heterocycles. The molecule has 4 heterocycles. The second-order valence-corrected chi connectivity index (χ2v) is 8.48. The van der Waals surface area contributed by atoms with Crippen molar-refractivity contribution in [2.24, 2.45) is 0 Å². The van der Waals surface area contributed by atoms with Crippen molar-refractivity contribution in [1.82, 2.24) is 19.9 Å². The second-order valence-electron chi connectivity index (χ2n) is 8.48. The van der Waals surface area contributed by atoms with Gasteiger partial charge < -0.3 is 24.4 Å². The first kappa shape index (κ1) is 22.3. The van der Waals surface area contributed by atoms with E-state index in [0.29, 0.717) is 42.0 Å². The molecule has 3 aromatic rings. The molecule has 0 aromatic carbocycles. The highest BCUT2D eigenvalue weighted by atomic mass is 16.5. The topological polar surface area (TPSA) is 112 Å². The molecule has 2 fully saturated rings. The maximum Gasteiger partial charge on any atom is 0.339 e. The van der Waals surface area contributed by atoms with Crippen LogP contribution in [0.15, 0.2) is 36.8 Å². The first-order valence-corrected chi connectivity index (χ1v) is 11.6. The average Bonchev–Trinajstić information content (AvgIpc) is 2.90. The van der Waals surface area contributed by atoms with Gasteiger partial charge >= 0.3 is 5.97 Å². The van der Waals surface area contributed by atoms with Crippen LogP contribution in [0.2, 0.25) is 0 Å². The van der Waals surface area contributed by atoms with Gasteiger partial charge in [-0.25, -0.2) is 14.8 Å². The molecule has 34 heavy (non-hydrogen) atoms. The van der Waals surface area contributed by atoms with Crippen LogP contribution >= 0.6 is 0 Å². The summed E-state index contributed by atoms with van der Waals surface area (Å²) in [6, 6.07) is 5.80. The van der Waals surface area contributed by atoms with Gasteiger partial charge in [-0.2, -0.15) is 4.98 Å². The maximum atomic E-state index is 12.1. The van der Waals surface area contributed by atoms with Crippen molar-refractivity contribution in [3.63, 3.8) is 0 Å². The van der Waals surface area contributed by atoms with E-state index >= 15 is 0 Å². The lowest BCUT2D eigenvalue weighted by atomic mass is 9.93. The quantitative estimate of drug-likeness (QED) is 0.547. The summed E-state index contributed by atoms with van der Waals surface area (Å²) >= 11 is 0. The number of rotatable bonds is 6. The van der Waals surface area contributed by atoms with Crippen LogP contribution in [0.5, 0.6) is 5.88 Å². The summed E-state index contributed by atoms with van der Waals surface area (Å²) in [4.78, 5) is 32.1. The zero-order valence-corrected chi connectivity index (χ0v) is 19.1. The fourth-order valence-corrected chi connectivity index (χ4v) is 4.39. The van der Waals surface area contributed by atoms with Gasteiger partial charge in [-0.3, -0.25) is 4.98 Å². The number of esters is 1. The normalized spacial score (nSPS) is 20.7. The molecular formula is C24H28N6O4. The number of anilines is 2. The van der Waals surface area contributed by atoms with Crippen molar-refractivity contribution in [3.8, 4) is 5.88 Å². The number of ether oxygens (including phenoxy) is 3. The molecule has 0 bridgehead atoms. The third kappa shape index (κ3) is 5.01. The van der Waals surface area contributed by atoms with Crippen LogP contribution in [-0.4, -0.2) is 71.5 Å². The van der Waals surface area contributed by atoms with Crippen LogP contribution in [0.4, 0.5) is 11.8 Å². The number of hydrogen-bond acceptors (Lipinski definition) is 10. The molecule has 5 rings (SSSR count). The van der Waals surface area contributed by atoms with Crippen molar-refractivity contribution in [2.45, 2.75) is 37.8 Å². The number of hydrogen-bond donors (Lipinski definition) is 1. The highest BCUT2D eigenvalue weighted by Gasteiger charge is 2.25. The Morgan fingerprint density at radius 3 is 2.59 bits per heavy atom. The van der Waals surface area contributed by atoms with Crippen LogP contribution < -0.4 is 15.0 Å². The van der Waals surface area contributed by atoms with Crippen LogP contribution in [0.3, 0.4) is 0 Å². The first-order valence-electron chi connectivity index (χ1n) is 11.6. The highest BCUT2D eigenvalue weighted by molar-refractivity contribution is 5.95. The molecule has 2 aliphatic rings. The van der Waals surface area contributed by atoms with E-state index in [0.717, 1.165) is 50.1 Å². The third-order valence-corrected chi connectivity index (χ3v) is 6.24. The van der Waals surface area contributed by atoms with Gasteiger partial charge in [0.1, 0.15) is 11.9 Å². The number of pyridine rings is 2. The molecule has 0 radical (unpaired) electrons. The van der Waals surface area contributed by atoms with E-state index in [1.165, 1.54) is 13.3 Å². The van der Waals surface area contributed by atoms with Gasteiger partial charge in [-0.1, -0.05) is 0 Å². The molecule has 1 aliphatic carbocycles. The number of carbonyl (C=O) groups is 1. The Balaban J connectivity index is 1.36. The average molecular weight is 465 g/mol. The molecule has 1 saturated heterocycles. The number of nitrogens with one attached hydrogen (secondary N) is 1. The highest BCUT2D eigenvalue weighted by Crippen LogP contribution is 2.32. The Morgan fingerprint density at radius 1 is 1.09 bits per heavy atom. The number of aromatic nitrogens is 4.